The molecule has 142 valence electrons. The molecular weight excluding hydrogens is 334 g/mol. The van der Waals surface area contributed by atoms with Crippen molar-refractivity contribution < 1.29 is 9.48 Å². The molecule has 1 aromatic carbocycles. The van der Waals surface area contributed by atoms with Crippen molar-refractivity contribution in [1.29, 1.82) is 0 Å². The van der Waals surface area contributed by atoms with Crippen LogP contribution in [0.5, 0.6) is 5.75 Å². The maximum Gasteiger partial charge on any atom is 0.235 e. The summed E-state index contributed by atoms with van der Waals surface area (Å²) in [5.74, 6) is 0.793. The summed E-state index contributed by atoms with van der Waals surface area (Å²) in [5, 5.41) is 13.4. The van der Waals surface area contributed by atoms with Gasteiger partial charge in [-0.3, -0.25) is 0 Å². The van der Waals surface area contributed by atoms with Gasteiger partial charge in [0.15, 0.2) is 0 Å². The molecule has 0 saturated heterocycles. The highest BCUT2D eigenvalue weighted by molar-refractivity contribution is 6.28. The molecule has 3 heteroatoms. The monoisotopic (exact) mass is 363 g/mol. The molecule has 27 heavy (non-hydrogen) atoms. The standard InChI is InChI=1S/C24H29NO2/c1-7-8-12-24(6)13-11-17-19(27-24)10-9-16-18-14-22(2,3)15-23(4,5)21(18)25(26)20(16)17/h7-11,13-14H,12,15H2,1-6H3. The third kappa shape index (κ3) is 2.75. The van der Waals surface area contributed by atoms with Crippen LogP contribution in [-0.4, -0.2) is 16.1 Å². The lowest BCUT2D eigenvalue weighted by Crippen LogP contribution is -2.36. The molecule has 3 aliphatic rings. The Hall–Kier alpha value is -2.29. The highest BCUT2D eigenvalue weighted by atomic mass is 16.5. The SMILES string of the molecule is CC=CCC1(C)C=Cc2c(ccc3c2[N+]([O-])=C2C3=CC(C)(C)CC2(C)C)O1. The minimum Gasteiger partial charge on any atom is -0.618 e. The van der Waals surface area contributed by atoms with Crippen molar-refractivity contribution in [2.24, 2.45) is 10.8 Å². The topological polar surface area (TPSA) is 35.3 Å². The van der Waals surface area contributed by atoms with Crippen molar-refractivity contribution in [2.75, 3.05) is 0 Å². The minimum atomic E-state index is -0.375. The molecule has 3 nitrogen and oxygen atoms in total. The van der Waals surface area contributed by atoms with Gasteiger partial charge in [-0.25, -0.2) is 0 Å². The van der Waals surface area contributed by atoms with Gasteiger partial charge < -0.3 is 9.94 Å². The van der Waals surface area contributed by atoms with Crippen LogP contribution in [0.4, 0.5) is 5.69 Å². The number of rotatable bonds is 2. The van der Waals surface area contributed by atoms with E-state index in [-0.39, 0.29) is 16.4 Å². The number of benzene rings is 1. The predicted molar refractivity (Wildman–Crippen MR) is 112 cm³/mol. The average Bonchev–Trinajstić information content (AvgIpc) is 2.84. The van der Waals surface area contributed by atoms with E-state index in [9.17, 15) is 5.21 Å². The van der Waals surface area contributed by atoms with Crippen molar-refractivity contribution >= 4 is 23.0 Å². The van der Waals surface area contributed by atoms with Crippen molar-refractivity contribution in [3.63, 3.8) is 0 Å². The van der Waals surface area contributed by atoms with Gasteiger partial charge in [0.05, 0.1) is 22.1 Å². The molecule has 0 fully saturated rings. The highest BCUT2D eigenvalue weighted by Crippen LogP contribution is 2.53. The number of ether oxygens (including phenoxy) is 1. The van der Waals surface area contributed by atoms with Crippen LogP contribution in [0.1, 0.15) is 65.5 Å². The zero-order valence-corrected chi connectivity index (χ0v) is 17.2. The summed E-state index contributed by atoms with van der Waals surface area (Å²) in [5.41, 5.74) is 4.19. The number of hydrogen-bond acceptors (Lipinski definition) is 2. The van der Waals surface area contributed by atoms with Crippen molar-refractivity contribution in [1.82, 2.24) is 0 Å². The third-order valence-corrected chi connectivity index (χ3v) is 5.91. The Bertz CT molecular complexity index is 943. The van der Waals surface area contributed by atoms with E-state index >= 15 is 0 Å². The van der Waals surface area contributed by atoms with Crippen molar-refractivity contribution in [3.8, 4) is 5.75 Å². The molecule has 0 spiro atoms. The fourth-order valence-electron chi connectivity index (χ4n) is 5.08. The molecule has 0 amide bonds. The second-order valence-corrected chi connectivity index (χ2v) is 9.65. The number of allylic oxidation sites excluding steroid dienone is 3. The molecule has 0 aromatic heterocycles. The molecule has 1 unspecified atom stereocenters. The van der Waals surface area contributed by atoms with Crippen molar-refractivity contribution in [2.45, 2.75) is 60.0 Å². The molecule has 1 aliphatic carbocycles. The fraction of sp³-hybridized carbons (Fsp3) is 0.458. The van der Waals surface area contributed by atoms with Gasteiger partial charge >= 0.3 is 0 Å². The maximum atomic E-state index is 13.4. The van der Waals surface area contributed by atoms with Gasteiger partial charge in [-0.15, -0.1) is 0 Å². The Labute approximate surface area is 162 Å². The first-order valence-corrected chi connectivity index (χ1v) is 9.82. The lowest BCUT2D eigenvalue weighted by atomic mass is 9.65. The Balaban J connectivity index is 1.88. The summed E-state index contributed by atoms with van der Waals surface area (Å²) in [6.07, 6.45) is 12.4. The Morgan fingerprint density at radius 1 is 1.19 bits per heavy atom. The second kappa shape index (κ2) is 5.60. The minimum absolute atomic E-state index is 0.0675. The van der Waals surface area contributed by atoms with Gasteiger partial charge in [0, 0.05) is 6.42 Å². The van der Waals surface area contributed by atoms with E-state index in [0.717, 1.165) is 51.4 Å². The summed E-state index contributed by atoms with van der Waals surface area (Å²) in [7, 11) is 0. The average molecular weight is 364 g/mol. The molecule has 4 rings (SSSR count). The predicted octanol–water partition coefficient (Wildman–Crippen LogP) is 6.25. The Morgan fingerprint density at radius 2 is 1.93 bits per heavy atom. The summed E-state index contributed by atoms with van der Waals surface area (Å²) >= 11 is 0. The maximum absolute atomic E-state index is 13.4. The van der Waals surface area contributed by atoms with E-state index in [1.807, 2.05) is 19.1 Å². The molecule has 1 atom stereocenters. The molecule has 0 N–H and O–H groups in total. The zero-order valence-electron chi connectivity index (χ0n) is 17.2. The Kier molecular flexibility index (Phi) is 3.76. The first-order chi connectivity index (χ1) is 12.6. The fourth-order valence-corrected chi connectivity index (χ4v) is 5.08. The molecule has 2 heterocycles. The molecule has 0 radical (unpaired) electrons. The van der Waals surface area contributed by atoms with E-state index < -0.39 is 0 Å². The van der Waals surface area contributed by atoms with Crippen LogP contribution in [0.15, 0.2) is 36.4 Å². The van der Waals surface area contributed by atoms with Crippen LogP contribution in [0.25, 0.3) is 11.6 Å². The summed E-state index contributed by atoms with van der Waals surface area (Å²) in [4.78, 5) is 0. The van der Waals surface area contributed by atoms with Crippen LogP contribution in [0, 0.1) is 16.0 Å². The second-order valence-electron chi connectivity index (χ2n) is 9.65. The van der Waals surface area contributed by atoms with E-state index in [4.69, 9.17) is 4.74 Å². The smallest absolute Gasteiger partial charge is 0.235 e. The summed E-state index contributed by atoms with van der Waals surface area (Å²) in [6, 6.07) is 4.09. The quantitative estimate of drug-likeness (QED) is 0.353. The van der Waals surface area contributed by atoms with Crippen molar-refractivity contribution in [3.05, 3.63) is 52.8 Å². The van der Waals surface area contributed by atoms with E-state index in [1.165, 1.54) is 0 Å². The largest absolute Gasteiger partial charge is 0.618 e. The molecule has 1 aromatic rings. The molecule has 2 aliphatic heterocycles. The highest BCUT2D eigenvalue weighted by Gasteiger charge is 2.49. The van der Waals surface area contributed by atoms with Gasteiger partial charge in [0.1, 0.15) is 11.4 Å². The summed E-state index contributed by atoms with van der Waals surface area (Å²) < 4.78 is 7.47. The normalized spacial score (nSPS) is 27.1. The van der Waals surface area contributed by atoms with Gasteiger partial charge in [-0.05, 0) is 63.8 Å². The van der Waals surface area contributed by atoms with Crippen LogP contribution < -0.4 is 4.74 Å². The molecule has 0 bridgehead atoms. The van der Waals surface area contributed by atoms with E-state index in [2.05, 4.69) is 65.0 Å². The van der Waals surface area contributed by atoms with Gasteiger partial charge in [-0.1, -0.05) is 32.1 Å². The number of hydrogen-bond donors (Lipinski definition) is 0. The number of fused-ring (bicyclic) bond motifs is 5. The Morgan fingerprint density at radius 3 is 2.63 bits per heavy atom. The first-order valence-electron chi connectivity index (χ1n) is 9.82. The molecule has 0 saturated carbocycles. The first kappa shape index (κ1) is 18.1. The van der Waals surface area contributed by atoms with Gasteiger partial charge in [-0.2, -0.15) is 4.74 Å². The van der Waals surface area contributed by atoms with Crippen LogP contribution >= 0.6 is 0 Å². The molecular formula is C24H29NO2. The summed E-state index contributed by atoms with van der Waals surface area (Å²) in [6.45, 7) is 13.0. The third-order valence-electron chi connectivity index (χ3n) is 5.91. The number of nitrogens with zero attached hydrogens (tertiary/aromatic N) is 1. The van der Waals surface area contributed by atoms with Crippen LogP contribution in [0.2, 0.25) is 0 Å². The lowest BCUT2D eigenvalue weighted by molar-refractivity contribution is -0.361. The van der Waals surface area contributed by atoms with E-state index in [1.54, 1.807) is 0 Å². The van der Waals surface area contributed by atoms with Crippen LogP contribution in [0.3, 0.4) is 0 Å². The zero-order chi connectivity index (χ0) is 19.6. The van der Waals surface area contributed by atoms with Gasteiger partial charge in [0.2, 0.25) is 11.4 Å². The van der Waals surface area contributed by atoms with Gasteiger partial charge in [0.25, 0.3) is 0 Å². The lowest BCUT2D eigenvalue weighted by Gasteiger charge is -2.36. The van der Waals surface area contributed by atoms with Crippen LogP contribution in [-0.2, 0) is 0 Å². The van der Waals surface area contributed by atoms with E-state index in [0.29, 0.717) is 0 Å².